The first-order chi connectivity index (χ1) is 14.7. The minimum atomic E-state index is -4.42. The second kappa shape index (κ2) is 10.7. The Bertz CT molecular complexity index is 769. The molecule has 172 valence electrons. The first kappa shape index (κ1) is 23.9. The number of hydrogen-bond donors (Lipinski definition) is 1. The van der Waals surface area contributed by atoms with Crippen LogP contribution in [0.3, 0.4) is 0 Å². The molecule has 1 aromatic rings. The number of alkyl halides is 3. The molecule has 1 aromatic carbocycles. The quantitative estimate of drug-likeness (QED) is 0.655. The van der Waals surface area contributed by atoms with E-state index in [1.165, 1.54) is 30.2 Å². The highest BCUT2D eigenvalue weighted by Crippen LogP contribution is 2.30. The third-order valence-electron chi connectivity index (χ3n) is 6.11. The number of piperidine rings is 1. The maximum atomic E-state index is 13.1. The lowest BCUT2D eigenvalue weighted by molar-refractivity contribution is -0.137. The second-order valence-electron chi connectivity index (χ2n) is 8.38. The average Bonchev–Trinajstić information content (AvgIpc) is 2.87. The van der Waals surface area contributed by atoms with Crippen LogP contribution in [-0.2, 0) is 17.4 Å². The Morgan fingerprint density at radius 2 is 1.84 bits per heavy atom. The fourth-order valence-electron chi connectivity index (χ4n) is 4.47. The van der Waals surface area contributed by atoms with Crippen LogP contribution >= 0.6 is 12.6 Å². The molecule has 2 aliphatic rings. The molecule has 0 bridgehead atoms. The van der Waals surface area contributed by atoms with Crippen LogP contribution < -0.4 is 0 Å². The Labute approximate surface area is 187 Å². The third-order valence-corrected chi connectivity index (χ3v) is 6.37. The van der Waals surface area contributed by atoms with Crippen LogP contribution in [0.4, 0.5) is 18.0 Å². The van der Waals surface area contributed by atoms with Gasteiger partial charge in [-0.2, -0.15) is 13.2 Å². The van der Waals surface area contributed by atoms with Crippen molar-refractivity contribution in [2.75, 3.05) is 39.3 Å². The fourth-order valence-corrected chi connectivity index (χ4v) is 4.73. The highest BCUT2D eigenvalue weighted by atomic mass is 32.1. The number of carbonyl (C=O) groups excluding carboxylic acids is 2. The van der Waals surface area contributed by atoms with Gasteiger partial charge in [0.2, 0.25) is 5.91 Å². The van der Waals surface area contributed by atoms with E-state index in [9.17, 15) is 22.8 Å². The lowest BCUT2D eigenvalue weighted by atomic mass is 10.0. The number of amides is 2. The van der Waals surface area contributed by atoms with Crippen molar-refractivity contribution in [1.29, 1.82) is 0 Å². The predicted octanol–water partition coefficient (Wildman–Crippen LogP) is 4.08. The number of hydrogen-bond acceptors (Lipinski definition) is 3. The van der Waals surface area contributed by atoms with E-state index in [4.69, 9.17) is 0 Å². The smallest absolute Gasteiger partial charge is 0.341 e. The fraction of sp³-hybridized carbons (Fsp3) is 0.636. The Hall–Kier alpha value is -1.74. The van der Waals surface area contributed by atoms with Gasteiger partial charge in [-0.25, -0.2) is 0 Å². The van der Waals surface area contributed by atoms with E-state index in [1.807, 2.05) is 0 Å². The highest BCUT2D eigenvalue weighted by molar-refractivity contribution is 7.96. The van der Waals surface area contributed by atoms with Crippen molar-refractivity contribution >= 4 is 23.8 Å². The largest absolute Gasteiger partial charge is 0.416 e. The van der Waals surface area contributed by atoms with Crippen molar-refractivity contribution in [1.82, 2.24) is 14.7 Å². The summed E-state index contributed by atoms with van der Waals surface area (Å²) in [5, 5.41) is -0.458. The van der Waals surface area contributed by atoms with Crippen LogP contribution in [0.1, 0.15) is 43.2 Å². The molecule has 0 spiro atoms. The number of thiol groups is 1. The first-order valence-corrected chi connectivity index (χ1v) is 11.3. The molecular formula is C22H30F3N3O2S. The lowest BCUT2D eigenvalue weighted by Crippen LogP contribution is -2.45. The average molecular weight is 458 g/mol. The SMILES string of the molecule is O=C1CCN(C(=O)S)C(Cc2cccc(C(F)(F)F)c2)CN1CCCN1CCCCC1. The predicted molar refractivity (Wildman–Crippen MR) is 116 cm³/mol. The normalized spacial score (nSPS) is 21.3. The third kappa shape index (κ3) is 6.87. The molecule has 0 radical (unpaired) electrons. The number of benzene rings is 1. The van der Waals surface area contributed by atoms with Crippen LogP contribution in [-0.4, -0.2) is 71.2 Å². The molecule has 0 N–H and O–H groups in total. The van der Waals surface area contributed by atoms with Crippen molar-refractivity contribution < 1.29 is 22.8 Å². The topological polar surface area (TPSA) is 43.9 Å². The van der Waals surface area contributed by atoms with Crippen molar-refractivity contribution in [3.05, 3.63) is 35.4 Å². The van der Waals surface area contributed by atoms with Gasteiger partial charge in [0, 0.05) is 26.1 Å². The molecular weight excluding hydrogens is 427 g/mol. The van der Waals surface area contributed by atoms with E-state index in [2.05, 4.69) is 17.5 Å². The van der Waals surface area contributed by atoms with Crippen molar-refractivity contribution in [3.63, 3.8) is 0 Å². The van der Waals surface area contributed by atoms with Gasteiger partial charge in [-0.3, -0.25) is 9.59 Å². The molecule has 0 saturated carbocycles. The number of carbonyl (C=O) groups is 2. The second-order valence-corrected chi connectivity index (χ2v) is 8.76. The Kier molecular flexibility index (Phi) is 8.27. The van der Waals surface area contributed by atoms with Crippen molar-refractivity contribution in [2.45, 2.75) is 50.7 Å². The van der Waals surface area contributed by atoms with Gasteiger partial charge >= 0.3 is 6.18 Å². The molecule has 0 aliphatic carbocycles. The number of rotatable bonds is 6. The molecule has 2 heterocycles. The van der Waals surface area contributed by atoms with Crippen LogP contribution in [0.5, 0.6) is 0 Å². The molecule has 3 rings (SSSR count). The van der Waals surface area contributed by atoms with Gasteiger partial charge in [0.1, 0.15) is 0 Å². The van der Waals surface area contributed by atoms with Gasteiger partial charge in [-0.15, -0.1) is 0 Å². The summed E-state index contributed by atoms with van der Waals surface area (Å²) in [6.45, 7) is 4.23. The van der Waals surface area contributed by atoms with Gasteiger partial charge in [-0.05, 0) is 56.9 Å². The molecule has 1 atom stereocenters. The van der Waals surface area contributed by atoms with Gasteiger partial charge in [0.05, 0.1) is 11.6 Å². The molecule has 31 heavy (non-hydrogen) atoms. The van der Waals surface area contributed by atoms with E-state index in [1.54, 1.807) is 11.0 Å². The molecule has 2 aliphatic heterocycles. The molecule has 2 fully saturated rings. The summed E-state index contributed by atoms with van der Waals surface area (Å²) in [7, 11) is 0. The van der Waals surface area contributed by atoms with Crippen LogP contribution in [0.25, 0.3) is 0 Å². The highest BCUT2D eigenvalue weighted by Gasteiger charge is 2.33. The molecule has 1 unspecified atom stereocenters. The summed E-state index contributed by atoms with van der Waals surface area (Å²) in [5.41, 5.74) is -0.223. The summed E-state index contributed by atoms with van der Waals surface area (Å²) in [6.07, 6.45) is 0.556. The standard InChI is InChI=1S/C22H30F3N3O2S/c23-22(24,25)18-7-4-6-17(14-18)15-19-16-27(20(29)8-13-28(19)21(30)31)12-5-11-26-9-2-1-3-10-26/h4,6-7,14,19H,1-3,5,8-13,15-16H2,(H,30,31). The van der Waals surface area contributed by atoms with Crippen molar-refractivity contribution in [2.24, 2.45) is 0 Å². The minimum absolute atomic E-state index is 0.0234. The van der Waals surface area contributed by atoms with E-state index in [0.717, 1.165) is 38.2 Å². The summed E-state index contributed by atoms with van der Waals surface area (Å²) < 4.78 is 39.3. The maximum Gasteiger partial charge on any atom is 0.416 e. The summed E-state index contributed by atoms with van der Waals surface area (Å²) in [6, 6.07) is 4.76. The molecule has 9 heteroatoms. The molecule has 2 amide bonds. The Morgan fingerprint density at radius 1 is 1.10 bits per heavy atom. The van der Waals surface area contributed by atoms with Gasteiger partial charge in [0.15, 0.2) is 0 Å². The maximum absolute atomic E-state index is 13.1. The molecule has 5 nitrogen and oxygen atoms in total. The number of halogens is 3. The van der Waals surface area contributed by atoms with Crippen LogP contribution in [0.2, 0.25) is 0 Å². The number of likely N-dealkylation sites (tertiary alicyclic amines) is 1. The van der Waals surface area contributed by atoms with Crippen LogP contribution in [0, 0.1) is 0 Å². The Morgan fingerprint density at radius 3 is 2.52 bits per heavy atom. The zero-order chi connectivity index (χ0) is 22.4. The zero-order valence-electron chi connectivity index (χ0n) is 17.6. The summed E-state index contributed by atoms with van der Waals surface area (Å²) in [4.78, 5) is 30.4. The van der Waals surface area contributed by atoms with Gasteiger partial charge in [-0.1, -0.05) is 37.2 Å². The minimum Gasteiger partial charge on any atom is -0.341 e. The van der Waals surface area contributed by atoms with E-state index in [0.29, 0.717) is 18.7 Å². The Balaban J connectivity index is 1.68. The van der Waals surface area contributed by atoms with Crippen molar-refractivity contribution in [3.8, 4) is 0 Å². The zero-order valence-corrected chi connectivity index (χ0v) is 18.5. The van der Waals surface area contributed by atoms with E-state index >= 15 is 0 Å². The molecule has 2 saturated heterocycles. The monoisotopic (exact) mass is 457 g/mol. The lowest BCUT2D eigenvalue weighted by Gasteiger charge is -2.32. The summed E-state index contributed by atoms with van der Waals surface area (Å²) >= 11 is 3.95. The first-order valence-electron chi connectivity index (χ1n) is 10.9. The van der Waals surface area contributed by atoms with Crippen LogP contribution in [0.15, 0.2) is 24.3 Å². The number of nitrogens with zero attached hydrogens (tertiary/aromatic N) is 3. The molecule has 0 aromatic heterocycles. The summed E-state index contributed by atoms with van der Waals surface area (Å²) in [5.74, 6) is -0.0234. The van der Waals surface area contributed by atoms with E-state index in [-0.39, 0.29) is 25.3 Å². The van der Waals surface area contributed by atoms with Gasteiger partial charge in [0.25, 0.3) is 5.24 Å². The van der Waals surface area contributed by atoms with Gasteiger partial charge < -0.3 is 14.7 Å². The van der Waals surface area contributed by atoms with E-state index < -0.39 is 23.0 Å².